The van der Waals surface area contributed by atoms with Crippen molar-refractivity contribution in [3.05, 3.63) is 57.9 Å². The fraction of sp³-hybridized carbons (Fsp3) is 0. The lowest BCUT2D eigenvalue weighted by Crippen LogP contribution is -1.98. The molecule has 2 heterocycles. The van der Waals surface area contributed by atoms with Crippen molar-refractivity contribution in [2.45, 2.75) is 0 Å². The smallest absolute Gasteiger partial charge is 0.196 e. The first kappa shape index (κ1) is 10.8. The van der Waals surface area contributed by atoms with Gasteiger partial charge in [-0.15, -0.1) is 0 Å². The normalized spacial score (nSPS) is 10.4. The number of ketones is 1. The summed E-state index contributed by atoms with van der Waals surface area (Å²) in [6.07, 6.45) is 1.67. The second-order valence-corrected chi connectivity index (χ2v) is 4.66. The zero-order valence-electron chi connectivity index (χ0n) is 9.31. The Labute approximate surface area is 107 Å². The highest BCUT2D eigenvalue weighted by Crippen LogP contribution is 2.25. The number of carbonyl (C=O) groups is 1. The molecule has 0 aliphatic carbocycles. The van der Waals surface area contributed by atoms with Crippen LogP contribution in [0.1, 0.15) is 21.5 Å². The number of fused-ring (bicyclic) bond motifs is 1. The average Bonchev–Trinajstić information content (AvgIpc) is 3.06. The van der Waals surface area contributed by atoms with E-state index >= 15 is 0 Å². The van der Waals surface area contributed by atoms with Crippen molar-refractivity contribution < 1.29 is 4.79 Å². The summed E-state index contributed by atoms with van der Waals surface area (Å²) >= 11 is 1.48. The number of hydrogen-bond acceptors (Lipinski definition) is 3. The summed E-state index contributed by atoms with van der Waals surface area (Å²) in [5.41, 5.74) is 2.55. The van der Waals surface area contributed by atoms with Gasteiger partial charge in [0.2, 0.25) is 0 Å². The minimum atomic E-state index is -0.0507. The number of nitrogens with zero attached hydrogens (tertiary/aromatic N) is 1. The Morgan fingerprint density at radius 3 is 2.94 bits per heavy atom. The van der Waals surface area contributed by atoms with Crippen LogP contribution in [0.25, 0.3) is 10.9 Å². The maximum Gasteiger partial charge on any atom is 0.196 e. The van der Waals surface area contributed by atoms with Crippen LogP contribution < -0.4 is 0 Å². The molecule has 0 amide bonds. The van der Waals surface area contributed by atoms with E-state index in [1.165, 1.54) is 11.3 Å². The van der Waals surface area contributed by atoms with E-state index in [0.717, 1.165) is 5.52 Å². The molecule has 4 heteroatoms. The van der Waals surface area contributed by atoms with Crippen molar-refractivity contribution >= 4 is 28.0 Å². The number of nitrogens with one attached hydrogen (secondary N) is 1. The zero-order valence-corrected chi connectivity index (χ0v) is 10.1. The first-order valence-electron chi connectivity index (χ1n) is 5.38. The number of carbonyl (C=O) groups excluding carboxylic acids is 1. The number of thiophene rings is 1. The predicted molar refractivity (Wildman–Crippen MR) is 70.8 cm³/mol. The third-order valence-corrected chi connectivity index (χ3v) is 3.54. The lowest BCUT2D eigenvalue weighted by Gasteiger charge is -1.98. The van der Waals surface area contributed by atoms with Crippen molar-refractivity contribution in [2.75, 3.05) is 0 Å². The highest BCUT2D eigenvalue weighted by Gasteiger charge is 2.16. The van der Waals surface area contributed by atoms with Crippen molar-refractivity contribution in [2.24, 2.45) is 0 Å². The molecule has 3 rings (SSSR count). The Morgan fingerprint density at radius 2 is 2.22 bits per heavy atom. The van der Waals surface area contributed by atoms with E-state index < -0.39 is 0 Å². The van der Waals surface area contributed by atoms with Crippen molar-refractivity contribution in [1.82, 2.24) is 4.98 Å². The molecule has 0 aliphatic rings. The molecule has 1 N–H and O–H groups in total. The van der Waals surface area contributed by atoms with Crippen LogP contribution in [-0.2, 0) is 0 Å². The molecule has 0 saturated carbocycles. The van der Waals surface area contributed by atoms with Crippen molar-refractivity contribution in [3.8, 4) is 6.07 Å². The number of aromatic nitrogens is 1. The topological polar surface area (TPSA) is 56.6 Å². The lowest BCUT2D eigenvalue weighted by atomic mass is 10.0. The van der Waals surface area contributed by atoms with E-state index in [1.54, 1.807) is 24.4 Å². The minimum Gasteiger partial charge on any atom is -0.360 e. The molecule has 3 aromatic rings. The summed E-state index contributed by atoms with van der Waals surface area (Å²) in [7, 11) is 0. The Kier molecular flexibility index (Phi) is 2.47. The van der Waals surface area contributed by atoms with Gasteiger partial charge in [0, 0.05) is 33.6 Å². The third kappa shape index (κ3) is 1.53. The number of aromatic amines is 1. The van der Waals surface area contributed by atoms with E-state index in [9.17, 15) is 4.79 Å². The second-order valence-electron chi connectivity index (χ2n) is 3.88. The molecule has 0 bridgehead atoms. The first-order chi connectivity index (χ1) is 8.81. The highest BCUT2D eigenvalue weighted by molar-refractivity contribution is 7.08. The van der Waals surface area contributed by atoms with Gasteiger partial charge in [-0.05, 0) is 23.6 Å². The fourth-order valence-electron chi connectivity index (χ4n) is 2.01. The van der Waals surface area contributed by atoms with Gasteiger partial charge in [-0.1, -0.05) is 6.07 Å². The average molecular weight is 252 g/mol. The van der Waals surface area contributed by atoms with E-state index in [-0.39, 0.29) is 5.78 Å². The van der Waals surface area contributed by atoms with Crippen molar-refractivity contribution in [1.29, 1.82) is 5.26 Å². The molecule has 0 atom stereocenters. The molecule has 1 aromatic carbocycles. The summed E-state index contributed by atoms with van der Waals surface area (Å²) in [5, 5.41) is 13.5. The van der Waals surface area contributed by atoms with Gasteiger partial charge in [0.05, 0.1) is 11.6 Å². The molecule has 0 spiro atoms. The second kappa shape index (κ2) is 4.13. The lowest BCUT2D eigenvalue weighted by molar-refractivity contribution is 0.104. The van der Waals surface area contributed by atoms with Gasteiger partial charge < -0.3 is 4.98 Å². The van der Waals surface area contributed by atoms with E-state index in [0.29, 0.717) is 22.1 Å². The number of hydrogen-bond donors (Lipinski definition) is 1. The predicted octanol–water partition coefficient (Wildman–Crippen LogP) is 3.33. The van der Waals surface area contributed by atoms with Gasteiger partial charge in [0.15, 0.2) is 5.78 Å². The number of rotatable bonds is 2. The van der Waals surface area contributed by atoms with Gasteiger partial charge in [0.1, 0.15) is 0 Å². The Morgan fingerprint density at radius 1 is 1.33 bits per heavy atom. The van der Waals surface area contributed by atoms with E-state index in [4.69, 9.17) is 5.26 Å². The Hall–Kier alpha value is -2.38. The van der Waals surface area contributed by atoms with Crippen LogP contribution in [-0.4, -0.2) is 10.8 Å². The quantitative estimate of drug-likeness (QED) is 0.711. The Bertz CT molecular complexity index is 763. The molecular formula is C14H8N2OS. The van der Waals surface area contributed by atoms with E-state index in [1.807, 2.05) is 16.8 Å². The first-order valence-corrected chi connectivity index (χ1v) is 6.32. The largest absolute Gasteiger partial charge is 0.360 e. The monoisotopic (exact) mass is 252 g/mol. The molecule has 18 heavy (non-hydrogen) atoms. The third-order valence-electron chi connectivity index (χ3n) is 2.85. The molecule has 0 saturated heterocycles. The van der Waals surface area contributed by atoms with Crippen LogP contribution in [0.3, 0.4) is 0 Å². The summed E-state index contributed by atoms with van der Waals surface area (Å²) in [5.74, 6) is -0.0507. The number of benzene rings is 1. The summed E-state index contributed by atoms with van der Waals surface area (Å²) in [6, 6.07) is 9.31. The number of H-pyrrole nitrogens is 1. The van der Waals surface area contributed by atoms with Crippen LogP contribution in [0.5, 0.6) is 0 Å². The molecule has 3 nitrogen and oxygen atoms in total. The van der Waals surface area contributed by atoms with Gasteiger partial charge >= 0.3 is 0 Å². The molecule has 0 aliphatic heterocycles. The van der Waals surface area contributed by atoms with Crippen LogP contribution in [0.2, 0.25) is 0 Å². The SMILES string of the molecule is N#Cc1cccc2[nH]cc(C(=O)c3ccsc3)c12. The standard InChI is InChI=1S/C14H8N2OS/c15-6-9-2-1-3-12-13(9)11(7-16-12)14(17)10-4-5-18-8-10/h1-5,7-8,16H. The molecule has 0 unspecified atom stereocenters. The number of nitriles is 1. The maximum atomic E-state index is 12.3. The van der Waals surface area contributed by atoms with Gasteiger partial charge in [-0.25, -0.2) is 0 Å². The summed E-state index contributed by atoms with van der Waals surface area (Å²) in [4.78, 5) is 15.4. The zero-order chi connectivity index (χ0) is 12.5. The minimum absolute atomic E-state index is 0.0507. The molecular weight excluding hydrogens is 244 g/mol. The van der Waals surface area contributed by atoms with Crippen LogP contribution >= 0.6 is 11.3 Å². The molecule has 0 radical (unpaired) electrons. The van der Waals surface area contributed by atoms with E-state index in [2.05, 4.69) is 11.1 Å². The molecule has 0 fully saturated rings. The van der Waals surface area contributed by atoms with Gasteiger partial charge in [-0.3, -0.25) is 4.79 Å². The molecule has 86 valence electrons. The van der Waals surface area contributed by atoms with Crippen LogP contribution in [0, 0.1) is 11.3 Å². The van der Waals surface area contributed by atoms with Crippen LogP contribution in [0.4, 0.5) is 0 Å². The van der Waals surface area contributed by atoms with Gasteiger partial charge in [-0.2, -0.15) is 16.6 Å². The summed E-state index contributed by atoms with van der Waals surface area (Å²) < 4.78 is 0. The van der Waals surface area contributed by atoms with Gasteiger partial charge in [0.25, 0.3) is 0 Å². The summed E-state index contributed by atoms with van der Waals surface area (Å²) in [6.45, 7) is 0. The van der Waals surface area contributed by atoms with Crippen LogP contribution in [0.15, 0.2) is 41.2 Å². The van der Waals surface area contributed by atoms with Crippen molar-refractivity contribution in [3.63, 3.8) is 0 Å². The fourth-order valence-corrected chi connectivity index (χ4v) is 2.64. The highest BCUT2D eigenvalue weighted by atomic mass is 32.1. The Balaban J connectivity index is 2.25. The molecule has 2 aromatic heterocycles. The maximum absolute atomic E-state index is 12.3.